The lowest BCUT2D eigenvalue weighted by Gasteiger charge is -2.14. The summed E-state index contributed by atoms with van der Waals surface area (Å²) in [6.07, 6.45) is 1.12. The summed E-state index contributed by atoms with van der Waals surface area (Å²) < 4.78 is 0. The van der Waals surface area contributed by atoms with Gasteiger partial charge in [-0.15, -0.1) is 22.7 Å². The molecule has 2 aromatic heterocycles. The van der Waals surface area contributed by atoms with Gasteiger partial charge in [0.15, 0.2) is 0 Å². The predicted molar refractivity (Wildman–Crippen MR) is 93.9 cm³/mol. The molecular formula is C18H19NS2. The van der Waals surface area contributed by atoms with Gasteiger partial charge in [-0.1, -0.05) is 43.3 Å². The Hall–Kier alpha value is -1.42. The van der Waals surface area contributed by atoms with E-state index in [2.05, 4.69) is 72.2 Å². The molecule has 3 rings (SSSR count). The van der Waals surface area contributed by atoms with Crippen molar-refractivity contribution in [2.24, 2.45) is 0 Å². The van der Waals surface area contributed by atoms with Crippen LogP contribution in [-0.2, 0) is 6.54 Å². The maximum atomic E-state index is 3.67. The summed E-state index contributed by atoms with van der Waals surface area (Å²) in [6, 6.07) is 19.9. The van der Waals surface area contributed by atoms with E-state index in [0.717, 1.165) is 13.0 Å². The summed E-state index contributed by atoms with van der Waals surface area (Å²) >= 11 is 3.71. The van der Waals surface area contributed by atoms with E-state index in [-0.39, 0.29) is 0 Å². The molecule has 1 atom stereocenters. The molecule has 0 spiro atoms. The molecule has 0 bridgehead atoms. The third-order valence-electron chi connectivity index (χ3n) is 3.54. The fraction of sp³-hybridized carbons (Fsp3) is 0.222. The van der Waals surface area contributed by atoms with Crippen molar-refractivity contribution in [2.75, 3.05) is 0 Å². The van der Waals surface area contributed by atoms with E-state index in [0.29, 0.717) is 6.04 Å². The number of thiophene rings is 2. The molecule has 3 aromatic rings. The second-order valence-electron chi connectivity index (χ2n) is 4.99. The molecule has 1 aromatic carbocycles. The zero-order valence-corrected chi connectivity index (χ0v) is 13.7. The second-order valence-corrected chi connectivity index (χ2v) is 7.14. The average molecular weight is 313 g/mol. The van der Waals surface area contributed by atoms with Crippen molar-refractivity contribution in [3.05, 3.63) is 69.7 Å². The smallest absolute Gasteiger partial charge is 0.0415 e. The molecule has 0 aliphatic rings. The van der Waals surface area contributed by atoms with Crippen molar-refractivity contribution < 1.29 is 0 Å². The maximum absolute atomic E-state index is 3.67. The fourth-order valence-electron chi connectivity index (χ4n) is 2.39. The van der Waals surface area contributed by atoms with Crippen LogP contribution in [0.3, 0.4) is 0 Å². The molecule has 3 heteroatoms. The minimum Gasteiger partial charge on any atom is -0.304 e. The standard InChI is InChI=1S/C18H19NS2/c1-2-16(18-9-6-12-20-18)19-13-15-10-11-17(21-15)14-7-4-3-5-8-14/h3-12,16,19H,2,13H2,1H3. The summed E-state index contributed by atoms with van der Waals surface area (Å²) in [7, 11) is 0. The normalized spacial score (nSPS) is 12.4. The molecule has 0 saturated carbocycles. The van der Waals surface area contributed by atoms with Gasteiger partial charge in [0.2, 0.25) is 0 Å². The second kappa shape index (κ2) is 7.03. The Labute approximate surface area is 134 Å². The maximum Gasteiger partial charge on any atom is 0.0415 e. The van der Waals surface area contributed by atoms with Crippen LogP contribution in [0, 0.1) is 0 Å². The lowest BCUT2D eigenvalue weighted by molar-refractivity contribution is 0.529. The van der Waals surface area contributed by atoms with Gasteiger partial charge in [0.1, 0.15) is 0 Å². The minimum absolute atomic E-state index is 0.465. The molecule has 0 aliphatic carbocycles. The van der Waals surface area contributed by atoms with Gasteiger partial charge in [-0.3, -0.25) is 0 Å². The highest BCUT2D eigenvalue weighted by atomic mass is 32.1. The predicted octanol–water partition coefficient (Wildman–Crippen LogP) is 5.72. The molecule has 0 amide bonds. The highest BCUT2D eigenvalue weighted by molar-refractivity contribution is 7.15. The first kappa shape index (κ1) is 14.5. The van der Waals surface area contributed by atoms with Crippen molar-refractivity contribution in [3.8, 4) is 10.4 Å². The summed E-state index contributed by atoms with van der Waals surface area (Å²) in [4.78, 5) is 4.16. The number of benzene rings is 1. The van der Waals surface area contributed by atoms with E-state index in [9.17, 15) is 0 Å². The van der Waals surface area contributed by atoms with Gasteiger partial charge in [0.05, 0.1) is 0 Å². The molecular weight excluding hydrogens is 294 g/mol. The van der Waals surface area contributed by atoms with E-state index in [4.69, 9.17) is 0 Å². The number of nitrogens with one attached hydrogen (secondary N) is 1. The quantitative estimate of drug-likeness (QED) is 0.614. The van der Waals surface area contributed by atoms with Crippen LogP contribution in [0.2, 0.25) is 0 Å². The average Bonchev–Trinajstić information content (AvgIpc) is 3.20. The van der Waals surface area contributed by atoms with E-state index >= 15 is 0 Å². The molecule has 0 aliphatic heterocycles. The van der Waals surface area contributed by atoms with Gasteiger partial charge < -0.3 is 5.32 Å². The SMILES string of the molecule is CCC(NCc1ccc(-c2ccccc2)s1)c1cccs1. The molecule has 0 fully saturated rings. The van der Waals surface area contributed by atoms with Crippen LogP contribution in [0.15, 0.2) is 60.0 Å². The van der Waals surface area contributed by atoms with E-state index in [1.165, 1.54) is 20.2 Å². The van der Waals surface area contributed by atoms with Crippen LogP contribution >= 0.6 is 22.7 Å². The Morgan fingerprint density at radius 2 is 1.86 bits per heavy atom. The molecule has 2 heterocycles. The zero-order valence-electron chi connectivity index (χ0n) is 12.1. The summed E-state index contributed by atoms with van der Waals surface area (Å²) in [6.45, 7) is 3.18. The van der Waals surface area contributed by atoms with Crippen LogP contribution in [0.5, 0.6) is 0 Å². The first-order chi connectivity index (χ1) is 10.4. The lowest BCUT2D eigenvalue weighted by Crippen LogP contribution is -2.18. The fourth-order valence-corrected chi connectivity index (χ4v) is 4.24. The number of hydrogen-bond acceptors (Lipinski definition) is 3. The highest BCUT2D eigenvalue weighted by Crippen LogP contribution is 2.29. The van der Waals surface area contributed by atoms with Gasteiger partial charge in [0, 0.05) is 27.2 Å². The third-order valence-corrected chi connectivity index (χ3v) is 5.66. The van der Waals surface area contributed by atoms with Crippen molar-refractivity contribution in [3.63, 3.8) is 0 Å². The minimum atomic E-state index is 0.465. The van der Waals surface area contributed by atoms with E-state index in [1.54, 1.807) is 0 Å². The zero-order chi connectivity index (χ0) is 14.5. The molecule has 1 N–H and O–H groups in total. The lowest BCUT2D eigenvalue weighted by atomic mass is 10.2. The van der Waals surface area contributed by atoms with Gasteiger partial charge in [-0.05, 0) is 35.6 Å². The van der Waals surface area contributed by atoms with Gasteiger partial charge in [-0.25, -0.2) is 0 Å². The van der Waals surface area contributed by atoms with Crippen LogP contribution in [0.25, 0.3) is 10.4 Å². The van der Waals surface area contributed by atoms with E-state index < -0.39 is 0 Å². The van der Waals surface area contributed by atoms with E-state index in [1.807, 2.05) is 22.7 Å². The number of rotatable bonds is 6. The molecule has 0 saturated heterocycles. The Morgan fingerprint density at radius 3 is 2.57 bits per heavy atom. The third kappa shape index (κ3) is 3.62. The Bertz CT molecular complexity index is 656. The van der Waals surface area contributed by atoms with Crippen molar-refractivity contribution in [1.29, 1.82) is 0 Å². The first-order valence-corrected chi connectivity index (χ1v) is 8.97. The van der Waals surface area contributed by atoms with Crippen LogP contribution < -0.4 is 5.32 Å². The van der Waals surface area contributed by atoms with Crippen molar-refractivity contribution in [1.82, 2.24) is 5.32 Å². The first-order valence-electron chi connectivity index (χ1n) is 7.27. The van der Waals surface area contributed by atoms with Gasteiger partial charge in [0.25, 0.3) is 0 Å². The Morgan fingerprint density at radius 1 is 1.00 bits per heavy atom. The van der Waals surface area contributed by atoms with Gasteiger partial charge >= 0.3 is 0 Å². The van der Waals surface area contributed by atoms with Crippen LogP contribution in [0.1, 0.15) is 29.1 Å². The van der Waals surface area contributed by atoms with Crippen molar-refractivity contribution in [2.45, 2.75) is 25.9 Å². The highest BCUT2D eigenvalue weighted by Gasteiger charge is 2.10. The summed E-state index contributed by atoms with van der Waals surface area (Å²) in [5.74, 6) is 0. The molecule has 1 nitrogen and oxygen atoms in total. The molecule has 0 radical (unpaired) electrons. The van der Waals surface area contributed by atoms with Crippen LogP contribution in [-0.4, -0.2) is 0 Å². The molecule has 1 unspecified atom stereocenters. The topological polar surface area (TPSA) is 12.0 Å². The van der Waals surface area contributed by atoms with Gasteiger partial charge in [-0.2, -0.15) is 0 Å². The Balaban J connectivity index is 1.65. The largest absolute Gasteiger partial charge is 0.304 e. The molecule has 21 heavy (non-hydrogen) atoms. The van der Waals surface area contributed by atoms with Crippen LogP contribution in [0.4, 0.5) is 0 Å². The number of hydrogen-bond donors (Lipinski definition) is 1. The summed E-state index contributed by atoms with van der Waals surface area (Å²) in [5.41, 5.74) is 1.30. The van der Waals surface area contributed by atoms with Crippen molar-refractivity contribution >= 4 is 22.7 Å². The Kier molecular flexibility index (Phi) is 4.86. The monoisotopic (exact) mass is 313 g/mol. The molecule has 108 valence electrons. The summed E-state index contributed by atoms with van der Waals surface area (Å²) in [5, 5.41) is 5.82.